The maximum atomic E-state index is 12.8. The molecule has 0 bridgehead atoms. The second kappa shape index (κ2) is 5.41. The number of piperidine rings is 1. The van der Waals surface area contributed by atoms with Crippen molar-refractivity contribution in [2.75, 3.05) is 26.2 Å². The molecule has 1 amide bonds. The second-order valence-corrected chi connectivity index (χ2v) is 6.71. The quantitative estimate of drug-likeness (QED) is 0.770. The fraction of sp³-hybridized carbons (Fsp3) is 0.933. The number of hydrogen-bond acceptors (Lipinski definition) is 3. The molecule has 3 heterocycles. The zero-order valence-corrected chi connectivity index (χ0v) is 12.3. The van der Waals surface area contributed by atoms with Gasteiger partial charge in [-0.1, -0.05) is 0 Å². The topological polar surface area (TPSA) is 35.6 Å². The number of nitrogens with one attached hydrogen (secondary N) is 1. The lowest BCUT2D eigenvalue weighted by Crippen LogP contribution is -2.58. The Labute approximate surface area is 116 Å². The minimum Gasteiger partial charge on any atom is -0.337 e. The van der Waals surface area contributed by atoms with Crippen LogP contribution in [0.25, 0.3) is 0 Å². The van der Waals surface area contributed by atoms with Gasteiger partial charge in [0.2, 0.25) is 5.91 Å². The summed E-state index contributed by atoms with van der Waals surface area (Å²) >= 11 is 0. The molecular weight excluding hydrogens is 238 g/mol. The van der Waals surface area contributed by atoms with E-state index in [9.17, 15) is 4.79 Å². The Kier molecular flexibility index (Phi) is 3.81. The fourth-order valence-corrected chi connectivity index (χ4v) is 4.09. The Morgan fingerprint density at radius 2 is 2.05 bits per heavy atom. The molecule has 0 aliphatic carbocycles. The SMILES string of the molecule is CC1CC(C(=O)N2CC3CCCN3CC2C)CCN1. The van der Waals surface area contributed by atoms with Crippen molar-refractivity contribution < 1.29 is 4.79 Å². The van der Waals surface area contributed by atoms with E-state index in [2.05, 4.69) is 29.0 Å². The van der Waals surface area contributed by atoms with Crippen LogP contribution in [0.15, 0.2) is 0 Å². The maximum Gasteiger partial charge on any atom is 0.226 e. The lowest BCUT2D eigenvalue weighted by Gasteiger charge is -2.44. The van der Waals surface area contributed by atoms with Gasteiger partial charge < -0.3 is 10.2 Å². The number of rotatable bonds is 1. The van der Waals surface area contributed by atoms with E-state index >= 15 is 0 Å². The average molecular weight is 265 g/mol. The largest absolute Gasteiger partial charge is 0.337 e. The highest BCUT2D eigenvalue weighted by molar-refractivity contribution is 5.79. The van der Waals surface area contributed by atoms with Crippen LogP contribution >= 0.6 is 0 Å². The smallest absolute Gasteiger partial charge is 0.226 e. The molecule has 4 atom stereocenters. The van der Waals surface area contributed by atoms with E-state index in [0.29, 0.717) is 24.0 Å². The molecule has 3 aliphatic heterocycles. The third kappa shape index (κ3) is 2.65. The van der Waals surface area contributed by atoms with Gasteiger partial charge in [-0.25, -0.2) is 0 Å². The molecule has 0 aromatic heterocycles. The summed E-state index contributed by atoms with van der Waals surface area (Å²) in [5, 5.41) is 3.44. The summed E-state index contributed by atoms with van der Waals surface area (Å²) in [7, 11) is 0. The lowest BCUT2D eigenvalue weighted by atomic mass is 9.91. The van der Waals surface area contributed by atoms with Crippen LogP contribution in [-0.2, 0) is 4.79 Å². The molecule has 0 saturated carbocycles. The predicted molar refractivity (Wildman–Crippen MR) is 76.0 cm³/mol. The van der Waals surface area contributed by atoms with Gasteiger partial charge in [-0.05, 0) is 52.6 Å². The van der Waals surface area contributed by atoms with Crippen LogP contribution < -0.4 is 5.32 Å². The van der Waals surface area contributed by atoms with Crippen LogP contribution in [0.3, 0.4) is 0 Å². The van der Waals surface area contributed by atoms with E-state index in [1.165, 1.54) is 19.4 Å². The van der Waals surface area contributed by atoms with Crippen LogP contribution in [0.5, 0.6) is 0 Å². The van der Waals surface area contributed by atoms with Crippen LogP contribution in [0.4, 0.5) is 0 Å². The average Bonchev–Trinajstić information content (AvgIpc) is 2.84. The number of carbonyl (C=O) groups excluding carboxylic acids is 1. The standard InChI is InChI=1S/C15H27N3O/c1-11-8-13(5-6-16-11)15(19)18-10-14-4-3-7-17(14)9-12(18)2/h11-14,16H,3-10H2,1-2H3. The summed E-state index contributed by atoms with van der Waals surface area (Å²) in [6.07, 6.45) is 4.61. The third-order valence-corrected chi connectivity index (χ3v) is 5.19. The second-order valence-electron chi connectivity index (χ2n) is 6.71. The molecule has 0 spiro atoms. The molecule has 0 aromatic carbocycles. The zero-order chi connectivity index (χ0) is 13.4. The first-order chi connectivity index (χ1) is 9.15. The van der Waals surface area contributed by atoms with Crippen LogP contribution in [-0.4, -0.2) is 60.0 Å². The number of hydrogen-bond donors (Lipinski definition) is 1. The molecular formula is C15H27N3O. The monoisotopic (exact) mass is 265 g/mol. The Balaban J connectivity index is 1.65. The van der Waals surface area contributed by atoms with Gasteiger partial charge in [0, 0.05) is 37.1 Å². The predicted octanol–water partition coefficient (Wildman–Crippen LogP) is 1.07. The van der Waals surface area contributed by atoms with E-state index in [0.717, 1.165) is 32.5 Å². The molecule has 4 unspecified atom stereocenters. The molecule has 0 radical (unpaired) electrons. The third-order valence-electron chi connectivity index (χ3n) is 5.19. The number of piperazine rings is 1. The highest BCUT2D eigenvalue weighted by atomic mass is 16.2. The molecule has 3 aliphatic rings. The molecule has 4 nitrogen and oxygen atoms in total. The molecule has 19 heavy (non-hydrogen) atoms. The van der Waals surface area contributed by atoms with Crippen molar-refractivity contribution in [1.29, 1.82) is 0 Å². The Morgan fingerprint density at radius 3 is 2.84 bits per heavy atom. The Hall–Kier alpha value is -0.610. The van der Waals surface area contributed by atoms with Gasteiger partial charge in [0.25, 0.3) is 0 Å². The van der Waals surface area contributed by atoms with Gasteiger partial charge in [-0.2, -0.15) is 0 Å². The number of amides is 1. The van der Waals surface area contributed by atoms with Crippen LogP contribution in [0.1, 0.15) is 39.5 Å². The molecule has 0 aromatic rings. The first-order valence-corrected chi connectivity index (χ1v) is 7.93. The molecule has 4 heteroatoms. The van der Waals surface area contributed by atoms with E-state index in [-0.39, 0.29) is 5.92 Å². The molecule has 3 rings (SSSR count). The summed E-state index contributed by atoms with van der Waals surface area (Å²) in [5.74, 6) is 0.680. The number of fused-ring (bicyclic) bond motifs is 1. The molecule has 3 saturated heterocycles. The van der Waals surface area contributed by atoms with Crippen LogP contribution in [0, 0.1) is 5.92 Å². The van der Waals surface area contributed by atoms with Crippen molar-refractivity contribution in [3.05, 3.63) is 0 Å². The minimum absolute atomic E-state index is 0.256. The summed E-state index contributed by atoms with van der Waals surface area (Å²) in [6, 6.07) is 1.53. The Bertz CT molecular complexity index is 346. The zero-order valence-electron chi connectivity index (χ0n) is 12.3. The Morgan fingerprint density at radius 1 is 1.21 bits per heavy atom. The van der Waals surface area contributed by atoms with E-state index < -0.39 is 0 Å². The maximum absolute atomic E-state index is 12.8. The van der Waals surface area contributed by atoms with Gasteiger partial charge in [0.15, 0.2) is 0 Å². The van der Waals surface area contributed by atoms with Gasteiger partial charge in [-0.15, -0.1) is 0 Å². The van der Waals surface area contributed by atoms with Crippen molar-refractivity contribution in [1.82, 2.24) is 15.1 Å². The van der Waals surface area contributed by atoms with Crippen molar-refractivity contribution in [3.63, 3.8) is 0 Å². The van der Waals surface area contributed by atoms with Crippen molar-refractivity contribution in [2.24, 2.45) is 5.92 Å². The summed E-state index contributed by atoms with van der Waals surface area (Å²) < 4.78 is 0. The molecule has 3 fully saturated rings. The minimum atomic E-state index is 0.256. The number of carbonyl (C=O) groups is 1. The van der Waals surface area contributed by atoms with Crippen molar-refractivity contribution in [2.45, 2.75) is 57.7 Å². The first kappa shape index (κ1) is 13.4. The highest BCUT2D eigenvalue weighted by Gasteiger charge is 2.39. The molecule has 108 valence electrons. The summed E-state index contributed by atoms with van der Waals surface area (Å²) in [6.45, 7) is 8.70. The van der Waals surface area contributed by atoms with Crippen LogP contribution in [0.2, 0.25) is 0 Å². The molecule has 1 N–H and O–H groups in total. The van der Waals surface area contributed by atoms with E-state index in [1.54, 1.807) is 0 Å². The fourth-order valence-electron chi connectivity index (χ4n) is 4.09. The van der Waals surface area contributed by atoms with Gasteiger partial charge in [0.05, 0.1) is 0 Å². The van der Waals surface area contributed by atoms with Gasteiger partial charge >= 0.3 is 0 Å². The van der Waals surface area contributed by atoms with E-state index in [4.69, 9.17) is 0 Å². The summed E-state index contributed by atoms with van der Waals surface area (Å²) in [5.41, 5.74) is 0. The normalized spacial score (nSPS) is 40.2. The number of nitrogens with zero attached hydrogens (tertiary/aromatic N) is 2. The first-order valence-electron chi connectivity index (χ1n) is 7.93. The highest BCUT2D eigenvalue weighted by Crippen LogP contribution is 2.27. The lowest BCUT2D eigenvalue weighted by molar-refractivity contribution is -0.142. The van der Waals surface area contributed by atoms with Crippen molar-refractivity contribution in [3.8, 4) is 0 Å². The van der Waals surface area contributed by atoms with Crippen molar-refractivity contribution >= 4 is 5.91 Å². The van der Waals surface area contributed by atoms with E-state index in [1.807, 2.05) is 0 Å². The van der Waals surface area contributed by atoms with Gasteiger partial charge in [-0.3, -0.25) is 9.69 Å². The van der Waals surface area contributed by atoms with Gasteiger partial charge in [0.1, 0.15) is 0 Å². The summed E-state index contributed by atoms with van der Waals surface area (Å²) in [4.78, 5) is 17.5.